The molecule has 0 fully saturated rings. The van der Waals surface area contributed by atoms with Crippen LogP contribution in [0.2, 0.25) is 5.02 Å². The second-order valence-electron chi connectivity index (χ2n) is 5.85. The molecule has 0 spiro atoms. The predicted molar refractivity (Wildman–Crippen MR) is 98.8 cm³/mol. The molecule has 2 aromatic carbocycles. The summed E-state index contributed by atoms with van der Waals surface area (Å²) in [6.07, 6.45) is 0.791. The van der Waals surface area contributed by atoms with Crippen molar-refractivity contribution < 1.29 is 4.74 Å². The van der Waals surface area contributed by atoms with Crippen LogP contribution in [0.25, 0.3) is 11.0 Å². The summed E-state index contributed by atoms with van der Waals surface area (Å²) in [5, 5.41) is 0.634. The Labute approximate surface area is 147 Å². The Kier molecular flexibility index (Phi) is 5.07. The van der Waals surface area contributed by atoms with Gasteiger partial charge in [0.25, 0.3) is 0 Å². The van der Waals surface area contributed by atoms with E-state index in [2.05, 4.69) is 10.6 Å². The standard InChI is InChI=1S/C19H22ClN3O/c1-3-24-18-9-8-13(11-15(18)20)10-14(12-21)19-22-16-6-4-5-7-17(16)23(19)2/h4-9,11,14H,3,10,12,21H2,1-2H3. The number of benzene rings is 2. The van der Waals surface area contributed by atoms with Gasteiger partial charge in [0.2, 0.25) is 0 Å². The van der Waals surface area contributed by atoms with Gasteiger partial charge in [0.05, 0.1) is 22.7 Å². The summed E-state index contributed by atoms with van der Waals surface area (Å²) in [6.45, 7) is 3.08. The Morgan fingerprint density at radius 1 is 1.25 bits per heavy atom. The van der Waals surface area contributed by atoms with E-state index < -0.39 is 0 Å². The van der Waals surface area contributed by atoms with Crippen molar-refractivity contribution >= 4 is 22.6 Å². The first-order valence-corrected chi connectivity index (χ1v) is 8.54. The van der Waals surface area contributed by atoms with Crippen molar-refractivity contribution in [2.24, 2.45) is 12.8 Å². The van der Waals surface area contributed by atoms with Gasteiger partial charge in [0.1, 0.15) is 11.6 Å². The maximum atomic E-state index is 6.30. The van der Waals surface area contributed by atoms with Crippen molar-refractivity contribution in [2.45, 2.75) is 19.3 Å². The van der Waals surface area contributed by atoms with Gasteiger partial charge in [-0.05, 0) is 43.2 Å². The molecule has 3 rings (SSSR count). The van der Waals surface area contributed by atoms with Gasteiger partial charge in [0.15, 0.2) is 0 Å². The van der Waals surface area contributed by atoms with Crippen LogP contribution in [0.4, 0.5) is 0 Å². The van der Waals surface area contributed by atoms with Crippen LogP contribution in [0.15, 0.2) is 42.5 Å². The van der Waals surface area contributed by atoms with Crippen molar-refractivity contribution in [3.63, 3.8) is 0 Å². The molecule has 1 aromatic heterocycles. The monoisotopic (exact) mass is 343 g/mol. The maximum absolute atomic E-state index is 6.30. The van der Waals surface area contributed by atoms with E-state index in [0.717, 1.165) is 34.6 Å². The minimum atomic E-state index is 0.136. The summed E-state index contributed by atoms with van der Waals surface area (Å²) in [4.78, 5) is 4.77. The number of hydrogen-bond acceptors (Lipinski definition) is 3. The second-order valence-corrected chi connectivity index (χ2v) is 6.26. The van der Waals surface area contributed by atoms with Crippen LogP contribution in [0, 0.1) is 0 Å². The number of halogens is 1. The molecule has 0 aliphatic rings. The van der Waals surface area contributed by atoms with Crippen LogP contribution in [-0.4, -0.2) is 22.7 Å². The number of hydrogen-bond donors (Lipinski definition) is 1. The van der Waals surface area contributed by atoms with Crippen LogP contribution in [0.3, 0.4) is 0 Å². The van der Waals surface area contributed by atoms with Gasteiger partial charge in [-0.1, -0.05) is 29.8 Å². The van der Waals surface area contributed by atoms with E-state index in [4.69, 9.17) is 27.1 Å². The molecule has 0 amide bonds. The number of aromatic nitrogens is 2. The van der Waals surface area contributed by atoms with Crippen molar-refractivity contribution in [3.05, 3.63) is 58.9 Å². The fourth-order valence-electron chi connectivity index (χ4n) is 3.04. The average molecular weight is 344 g/mol. The lowest BCUT2D eigenvalue weighted by Gasteiger charge is -2.16. The number of nitrogens with two attached hydrogens (primary N) is 1. The topological polar surface area (TPSA) is 53.1 Å². The zero-order valence-electron chi connectivity index (χ0n) is 14.0. The minimum Gasteiger partial charge on any atom is -0.492 e. The fraction of sp³-hybridized carbons (Fsp3) is 0.316. The van der Waals surface area contributed by atoms with Crippen LogP contribution in [-0.2, 0) is 13.5 Å². The third-order valence-electron chi connectivity index (χ3n) is 4.25. The van der Waals surface area contributed by atoms with Gasteiger partial charge >= 0.3 is 0 Å². The number of rotatable bonds is 6. The first-order valence-electron chi connectivity index (χ1n) is 8.16. The highest BCUT2D eigenvalue weighted by Crippen LogP contribution is 2.29. The molecule has 5 heteroatoms. The molecule has 0 saturated heterocycles. The number of nitrogens with zero attached hydrogens (tertiary/aromatic N) is 2. The highest BCUT2D eigenvalue weighted by atomic mass is 35.5. The third kappa shape index (κ3) is 3.25. The molecule has 0 aliphatic carbocycles. The zero-order chi connectivity index (χ0) is 17.1. The van der Waals surface area contributed by atoms with Crippen LogP contribution in [0.5, 0.6) is 5.75 Å². The van der Waals surface area contributed by atoms with E-state index in [0.29, 0.717) is 18.2 Å². The van der Waals surface area contributed by atoms with Gasteiger partial charge in [0, 0.05) is 19.5 Å². The van der Waals surface area contributed by atoms with E-state index in [-0.39, 0.29) is 5.92 Å². The molecular weight excluding hydrogens is 322 g/mol. The van der Waals surface area contributed by atoms with Gasteiger partial charge in [-0.25, -0.2) is 4.98 Å². The Balaban J connectivity index is 1.89. The molecule has 0 aliphatic heterocycles. The summed E-state index contributed by atoms with van der Waals surface area (Å²) in [6, 6.07) is 14.1. The lowest BCUT2D eigenvalue weighted by atomic mass is 9.98. The van der Waals surface area contributed by atoms with Crippen LogP contribution >= 0.6 is 11.6 Å². The van der Waals surface area contributed by atoms with Crippen molar-refractivity contribution in [2.75, 3.05) is 13.2 Å². The highest BCUT2D eigenvalue weighted by molar-refractivity contribution is 6.32. The number of aryl methyl sites for hydroxylation is 1. The van der Waals surface area contributed by atoms with Crippen LogP contribution in [0.1, 0.15) is 24.2 Å². The first kappa shape index (κ1) is 16.8. The normalized spacial score (nSPS) is 12.5. The first-order chi connectivity index (χ1) is 11.6. The SMILES string of the molecule is CCOc1ccc(CC(CN)c2nc3ccccc3n2C)cc1Cl. The molecule has 24 heavy (non-hydrogen) atoms. The molecule has 1 heterocycles. The molecule has 1 unspecified atom stereocenters. The van der Waals surface area contributed by atoms with Crippen molar-refractivity contribution in [1.29, 1.82) is 0 Å². The quantitative estimate of drug-likeness (QED) is 0.738. The molecule has 2 N–H and O–H groups in total. The molecule has 1 atom stereocenters. The largest absolute Gasteiger partial charge is 0.492 e. The lowest BCUT2D eigenvalue weighted by molar-refractivity contribution is 0.340. The summed E-state index contributed by atoms with van der Waals surface area (Å²) in [5.74, 6) is 1.86. The van der Waals surface area contributed by atoms with Crippen LogP contribution < -0.4 is 10.5 Å². The van der Waals surface area contributed by atoms with E-state index in [1.165, 1.54) is 0 Å². The molecule has 0 bridgehead atoms. The van der Waals surface area contributed by atoms with E-state index in [1.54, 1.807) is 0 Å². The number of fused-ring (bicyclic) bond motifs is 1. The highest BCUT2D eigenvalue weighted by Gasteiger charge is 2.18. The third-order valence-corrected chi connectivity index (χ3v) is 4.55. The predicted octanol–water partition coefficient (Wildman–Crippen LogP) is 3.91. The summed E-state index contributed by atoms with van der Waals surface area (Å²) < 4.78 is 7.62. The molecule has 0 saturated carbocycles. The Morgan fingerprint density at radius 3 is 2.71 bits per heavy atom. The van der Waals surface area contributed by atoms with Gasteiger partial charge < -0.3 is 15.0 Å². The van der Waals surface area contributed by atoms with E-state index >= 15 is 0 Å². The van der Waals surface area contributed by atoms with Crippen molar-refractivity contribution in [3.8, 4) is 5.75 Å². The average Bonchev–Trinajstić information content (AvgIpc) is 2.92. The van der Waals surface area contributed by atoms with Gasteiger partial charge in [-0.2, -0.15) is 0 Å². The molecular formula is C19H22ClN3O. The number of ether oxygens (including phenoxy) is 1. The molecule has 3 aromatic rings. The zero-order valence-corrected chi connectivity index (χ0v) is 14.8. The van der Waals surface area contributed by atoms with E-state index in [9.17, 15) is 0 Å². The van der Waals surface area contributed by atoms with Gasteiger partial charge in [-0.15, -0.1) is 0 Å². The Bertz CT molecular complexity index is 844. The lowest BCUT2D eigenvalue weighted by Crippen LogP contribution is -2.18. The molecule has 0 radical (unpaired) electrons. The Hall–Kier alpha value is -2.04. The van der Waals surface area contributed by atoms with E-state index in [1.807, 2.05) is 50.4 Å². The second kappa shape index (κ2) is 7.24. The number of imidazole rings is 1. The smallest absolute Gasteiger partial charge is 0.137 e. The fourth-order valence-corrected chi connectivity index (χ4v) is 3.30. The molecule has 126 valence electrons. The summed E-state index contributed by atoms with van der Waals surface area (Å²) in [5.41, 5.74) is 9.30. The Morgan fingerprint density at radius 2 is 2.04 bits per heavy atom. The summed E-state index contributed by atoms with van der Waals surface area (Å²) in [7, 11) is 2.04. The molecule has 4 nitrogen and oxygen atoms in total. The summed E-state index contributed by atoms with van der Waals surface area (Å²) >= 11 is 6.30. The van der Waals surface area contributed by atoms with Crippen molar-refractivity contribution in [1.82, 2.24) is 9.55 Å². The number of para-hydroxylation sites is 2. The van der Waals surface area contributed by atoms with Gasteiger partial charge in [-0.3, -0.25) is 0 Å². The maximum Gasteiger partial charge on any atom is 0.137 e. The minimum absolute atomic E-state index is 0.136.